The lowest BCUT2D eigenvalue weighted by Gasteiger charge is -1.98. The van der Waals surface area contributed by atoms with Crippen molar-refractivity contribution < 1.29 is 18.6 Å². The first-order valence-corrected chi connectivity index (χ1v) is 9.34. The van der Waals surface area contributed by atoms with Crippen molar-refractivity contribution in [3.63, 3.8) is 0 Å². The van der Waals surface area contributed by atoms with Crippen molar-refractivity contribution in [2.24, 2.45) is 5.10 Å². The molecule has 154 valence electrons. The van der Waals surface area contributed by atoms with Gasteiger partial charge < -0.3 is 8.83 Å². The Balaban J connectivity index is 1.40. The van der Waals surface area contributed by atoms with E-state index in [-0.39, 0.29) is 11.4 Å². The first-order valence-electron chi connectivity index (χ1n) is 9.34. The van der Waals surface area contributed by atoms with Gasteiger partial charge in [-0.2, -0.15) is 5.10 Å². The maximum atomic E-state index is 12.3. The van der Waals surface area contributed by atoms with E-state index in [1.165, 1.54) is 24.4 Å². The topological polar surface area (TPSA) is 111 Å². The molecule has 0 aliphatic heterocycles. The lowest BCUT2D eigenvalue weighted by Crippen LogP contribution is -2.16. The molecule has 0 fully saturated rings. The quantitative estimate of drug-likeness (QED) is 0.265. The molecule has 0 aliphatic carbocycles. The minimum absolute atomic E-state index is 0.0263. The molecule has 0 bridgehead atoms. The summed E-state index contributed by atoms with van der Waals surface area (Å²) in [6.45, 7) is 2.01. The van der Waals surface area contributed by atoms with Crippen LogP contribution < -0.4 is 5.43 Å². The van der Waals surface area contributed by atoms with E-state index in [9.17, 15) is 14.9 Å². The normalized spacial score (nSPS) is 11.0. The summed E-state index contributed by atoms with van der Waals surface area (Å²) < 4.78 is 11.2. The molecule has 1 N–H and O–H groups in total. The number of nitro benzene ring substituents is 1. The third-order valence-electron chi connectivity index (χ3n) is 4.49. The van der Waals surface area contributed by atoms with E-state index < -0.39 is 10.8 Å². The maximum Gasteiger partial charge on any atom is 0.307 e. The summed E-state index contributed by atoms with van der Waals surface area (Å²) in [5.74, 6) is 0.983. The van der Waals surface area contributed by atoms with Gasteiger partial charge in [0.15, 0.2) is 5.76 Å². The van der Waals surface area contributed by atoms with Crippen molar-refractivity contribution in [3.05, 3.63) is 100.0 Å². The average molecular weight is 415 g/mol. The first-order chi connectivity index (χ1) is 15.0. The molecule has 0 unspecified atom stereocenters. The smallest absolute Gasteiger partial charge is 0.307 e. The molecule has 0 saturated heterocycles. The number of carbonyl (C=O) groups is 1. The van der Waals surface area contributed by atoms with Gasteiger partial charge in [0, 0.05) is 23.3 Å². The van der Waals surface area contributed by atoms with Crippen LogP contribution in [0.5, 0.6) is 0 Å². The summed E-state index contributed by atoms with van der Waals surface area (Å²) in [4.78, 5) is 22.7. The molecular formula is C23H17N3O5. The molecule has 31 heavy (non-hydrogen) atoms. The van der Waals surface area contributed by atoms with Crippen LogP contribution in [0, 0.1) is 17.0 Å². The molecule has 0 aliphatic rings. The number of hydrazone groups is 1. The van der Waals surface area contributed by atoms with Gasteiger partial charge in [0.25, 0.3) is 5.69 Å². The van der Waals surface area contributed by atoms with E-state index in [1.807, 2.05) is 37.3 Å². The summed E-state index contributed by atoms with van der Waals surface area (Å²) in [6.07, 6.45) is 1.39. The number of aryl methyl sites for hydroxylation is 1. The second kappa shape index (κ2) is 8.50. The molecule has 1 amide bonds. The van der Waals surface area contributed by atoms with Gasteiger partial charge in [-0.3, -0.25) is 14.9 Å². The van der Waals surface area contributed by atoms with Gasteiger partial charge in [-0.05, 0) is 31.2 Å². The van der Waals surface area contributed by atoms with Gasteiger partial charge >= 0.3 is 5.91 Å². The third-order valence-corrected chi connectivity index (χ3v) is 4.49. The van der Waals surface area contributed by atoms with Gasteiger partial charge in [0.2, 0.25) is 0 Å². The molecule has 0 atom stereocenters. The van der Waals surface area contributed by atoms with Crippen LogP contribution in [0.2, 0.25) is 0 Å². The SMILES string of the molecule is Cc1ccc(-c2ccc(/C=N/NC(=O)c3ccc(-c4cccc([N+](=O)[O-])c4)o3)o2)cc1. The molecule has 2 aromatic carbocycles. The van der Waals surface area contributed by atoms with E-state index in [2.05, 4.69) is 10.5 Å². The monoisotopic (exact) mass is 415 g/mol. The average Bonchev–Trinajstić information content (AvgIpc) is 3.44. The van der Waals surface area contributed by atoms with Crippen molar-refractivity contribution in [1.82, 2.24) is 5.43 Å². The van der Waals surface area contributed by atoms with Crippen molar-refractivity contribution in [1.29, 1.82) is 0 Å². The number of furan rings is 2. The van der Waals surface area contributed by atoms with E-state index in [0.29, 0.717) is 22.8 Å². The van der Waals surface area contributed by atoms with Crippen LogP contribution in [0.1, 0.15) is 21.9 Å². The van der Waals surface area contributed by atoms with Crippen LogP contribution in [0.15, 0.2) is 86.7 Å². The summed E-state index contributed by atoms with van der Waals surface area (Å²) in [5, 5.41) is 14.8. The highest BCUT2D eigenvalue weighted by atomic mass is 16.6. The van der Waals surface area contributed by atoms with Gasteiger partial charge in [-0.1, -0.05) is 42.0 Å². The van der Waals surface area contributed by atoms with Crippen molar-refractivity contribution in [2.75, 3.05) is 0 Å². The summed E-state index contributed by atoms with van der Waals surface area (Å²) in [6, 6.07) is 20.5. The Hall–Kier alpha value is -4.46. The highest BCUT2D eigenvalue weighted by Gasteiger charge is 2.14. The molecule has 0 radical (unpaired) electrons. The number of non-ortho nitro benzene ring substituents is 1. The second-order valence-electron chi connectivity index (χ2n) is 6.74. The van der Waals surface area contributed by atoms with Crippen LogP contribution >= 0.6 is 0 Å². The van der Waals surface area contributed by atoms with E-state index >= 15 is 0 Å². The number of amides is 1. The van der Waals surface area contributed by atoms with E-state index in [1.54, 1.807) is 24.3 Å². The van der Waals surface area contributed by atoms with Crippen molar-refractivity contribution >= 4 is 17.8 Å². The van der Waals surface area contributed by atoms with E-state index in [4.69, 9.17) is 8.83 Å². The van der Waals surface area contributed by atoms with Gasteiger partial charge in [-0.15, -0.1) is 0 Å². The summed E-state index contributed by atoms with van der Waals surface area (Å²) in [7, 11) is 0. The zero-order valence-electron chi connectivity index (χ0n) is 16.4. The Morgan fingerprint density at radius 3 is 2.48 bits per heavy atom. The molecule has 2 aromatic heterocycles. The van der Waals surface area contributed by atoms with Gasteiger partial charge in [-0.25, -0.2) is 5.43 Å². The fourth-order valence-corrected chi connectivity index (χ4v) is 2.89. The fraction of sp³-hybridized carbons (Fsp3) is 0.0435. The zero-order valence-corrected chi connectivity index (χ0v) is 16.4. The number of nitrogens with zero attached hydrogens (tertiary/aromatic N) is 2. The number of rotatable bonds is 6. The first kappa shape index (κ1) is 19.8. The predicted molar refractivity (Wildman–Crippen MR) is 115 cm³/mol. The number of hydrogen-bond acceptors (Lipinski definition) is 6. The number of nitrogens with one attached hydrogen (secondary N) is 1. The number of benzene rings is 2. The Labute approximate surface area is 177 Å². The summed E-state index contributed by atoms with van der Waals surface area (Å²) in [5.41, 5.74) is 4.90. The zero-order chi connectivity index (χ0) is 21.8. The third kappa shape index (κ3) is 4.59. The minimum Gasteiger partial charge on any atom is -0.455 e. The standard InChI is InChI=1S/C23H17N3O5/c1-15-5-7-16(8-6-15)20-10-9-19(30-20)14-24-25-23(27)22-12-11-21(31-22)17-3-2-4-18(13-17)26(28)29/h2-14H,1H3,(H,25,27)/b24-14+. The molecule has 4 aromatic rings. The Morgan fingerprint density at radius 2 is 1.71 bits per heavy atom. The molecule has 8 nitrogen and oxygen atoms in total. The van der Waals surface area contributed by atoms with Crippen LogP contribution in [-0.4, -0.2) is 17.0 Å². The molecular weight excluding hydrogens is 398 g/mol. The molecule has 4 rings (SSSR count). The predicted octanol–water partition coefficient (Wildman–Crippen LogP) is 5.19. The van der Waals surface area contributed by atoms with Crippen molar-refractivity contribution in [3.8, 4) is 22.6 Å². The number of hydrogen-bond donors (Lipinski definition) is 1. The molecule has 0 saturated carbocycles. The molecule has 0 spiro atoms. The lowest BCUT2D eigenvalue weighted by molar-refractivity contribution is -0.384. The number of nitro groups is 1. The Morgan fingerprint density at radius 1 is 0.968 bits per heavy atom. The highest BCUT2D eigenvalue weighted by Crippen LogP contribution is 2.26. The van der Waals surface area contributed by atoms with Crippen LogP contribution in [0.4, 0.5) is 5.69 Å². The lowest BCUT2D eigenvalue weighted by atomic mass is 10.1. The largest absolute Gasteiger partial charge is 0.455 e. The van der Waals surface area contributed by atoms with Crippen LogP contribution in [-0.2, 0) is 0 Å². The minimum atomic E-state index is -0.557. The van der Waals surface area contributed by atoms with Crippen LogP contribution in [0.25, 0.3) is 22.6 Å². The summed E-state index contributed by atoms with van der Waals surface area (Å²) >= 11 is 0. The second-order valence-corrected chi connectivity index (χ2v) is 6.74. The molecule has 2 heterocycles. The van der Waals surface area contributed by atoms with Gasteiger partial charge in [0.1, 0.15) is 17.3 Å². The van der Waals surface area contributed by atoms with Crippen molar-refractivity contribution in [2.45, 2.75) is 6.92 Å². The fourth-order valence-electron chi connectivity index (χ4n) is 2.89. The maximum absolute atomic E-state index is 12.3. The van der Waals surface area contributed by atoms with Gasteiger partial charge in [0.05, 0.1) is 11.1 Å². The highest BCUT2D eigenvalue weighted by molar-refractivity contribution is 5.92. The number of carbonyl (C=O) groups excluding carboxylic acids is 1. The Kier molecular flexibility index (Phi) is 5.44. The molecule has 8 heteroatoms. The Bertz CT molecular complexity index is 1270. The van der Waals surface area contributed by atoms with E-state index in [0.717, 1.165) is 11.1 Å². The van der Waals surface area contributed by atoms with Crippen LogP contribution in [0.3, 0.4) is 0 Å².